The highest BCUT2D eigenvalue weighted by Crippen LogP contribution is 2.18. The van der Waals surface area contributed by atoms with E-state index in [1.54, 1.807) is 19.2 Å². The van der Waals surface area contributed by atoms with Crippen LogP contribution in [0.3, 0.4) is 0 Å². The van der Waals surface area contributed by atoms with Gasteiger partial charge in [0.05, 0.1) is 7.11 Å². The maximum Gasteiger partial charge on any atom is 0.257 e. The van der Waals surface area contributed by atoms with E-state index < -0.39 is 0 Å². The number of amides is 1. The first kappa shape index (κ1) is 16.2. The summed E-state index contributed by atoms with van der Waals surface area (Å²) in [5, 5.41) is 3.52. The number of rotatable bonds is 7. The summed E-state index contributed by atoms with van der Waals surface area (Å²) < 4.78 is 10.5. The first-order chi connectivity index (χ1) is 10.7. The average molecular weight is 320 g/mol. The van der Waals surface area contributed by atoms with E-state index >= 15 is 0 Å². The molecule has 116 valence electrons. The van der Waals surface area contributed by atoms with Crippen LogP contribution in [0.15, 0.2) is 48.5 Å². The summed E-state index contributed by atoms with van der Waals surface area (Å²) in [6.45, 7) is 0.537. The van der Waals surface area contributed by atoms with Crippen LogP contribution < -0.4 is 14.8 Å². The number of benzene rings is 2. The lowest BCUT2D eigenvalue weighted by Gasteiger charge is -2.08. The predicted molar refractivity (Wildman–Crippen MR) is 86.7 cm³/mol. The second-order valence-corrected chi connectivity index (χ2v) is 5.13. The van der Waals surface area contributed by atoms with Gasteiger partial charge in [-0.15, -0.1) is 0 Å². The number of nitrogens with one attached hydrogen (secondary N) is 1. The third kappa shape index (κ3) is 5.30. The molecule has 0 atom stereocenters. The largest absolute Gasteiger partial charge is 0.497 e. The Bertz CT molecular complexity index is 614. The van der Waals surface area contributed by atoms with E-state index in [-0.39, 0.29) is 12.5 Å². The van der Waals surface area contributed by atoms with Crippen molar-refractivity contribution >= 4 is 17.5 Å². The van der Waals surface area contributed by atoms with Crippen molar-refractivity contribution in [1.29, 1.82) is 0 Å². The van der Waals surface area contributed by atoms with Crippen molar-refractivity contribution in [1.82, 2.24) is 5.32 Å². The number of hydrogen-bond donors (Lipinski definition) is 1. The van der Waals surface area contributed by atoms with Gasteiger partial charge in [0.2, 0.25) is 0 Å². The van der Waals surface area contributed by atoms with E-state index in [1.807, 2.05) is 36.4 Å². The molecule has 0 aliphatic heterocycles. The van der Waals surface area contributed by atoms with Gasteiger partial charge in [-0.2, -0.15) is 0 Å². The number of carbonyl (C=O) groups is 1. The Morgan fingerprint density at radius 2 is 1.86 bits per heavy atom. The molecule has 0 saturated carbocycles. The zero-order chi connectivity index (χ0) is 15.8. The van der Waals surface area contributed by atoms with E-state index in [0.29, 0.717) is 23.1 Å². The lowest BCUT2D eigenvalue weighted by atomic mass is 10.1. The summed E-state index contributed by atoms with van der Waals surface area (Å²) in [6, 6.07) is 14.7. The normalized spacial score (nSPS) is 10.1. The molecule has 0 aliphatic rings. The smallest absolute Gasteiger partial charge is 0.257 e. The Morgan fingerprint density at radius 1 is 1.14 bits per heavy atom. The van der Waals surface area contributed by atoms with Crippen molar-refractivity contribution in [2.45, 2.75) is 6.42 Å². The molecule has 0 unspecified atom stereocenters. The van der Waals surface area contributed by atoms with Crippen molar-refractivity contribution in [3.8, 4) is 11.5 Å². The Hall–Kier alpha value is -2.20. The monoisotopic (exact) mass is 319 g/mol. The fourth-order valence-electron chi connectivity index (χ4n) is 1.89. The molecule has 0 radical (unpaired) electrons. The molecule has 0 fully saturated rings. The molecule has 5 heteroatoms. The molecule has 0 heterocycles. The SMILES string of the molecule is COc1cccc(OCC(=O)NCCc2ccc(Cl)cc2)c1. The summed E-state index contributed by atoms with van der Waals surface area (Å²) in [6.07, 6.45) is 0.752. The maximum atomic E-state index is 11.7. The number of carbonyl (C=O) groups excluding carboxylic acids is 1. The summed E-state index contributed by atoms with van der Waals surface area (Å²) in [4.78, 5) is 11.7. The van der Waals surface area contributed by atoms with Crippen molar-refractivity contribution in [2.24, 2.45) is 0 Å². The van der Waals surface area contributed by atoms with Gasteiger partial charge >= 0.3 is 0 Å². The van der Waals surface area contributed by atoms with Crippen molar-refractivity contribution in [3.05, 3.63) is 59.1 Å². The van der Waals surface area contributed by atoms with Gasteiger partial charge in [0.1, 0.15) is 11.5 Å². The van der Waals surface area contributed by atoms with Gasteiger partial charge in [-0.3, -0.25) is 4.79 Å². The molecule has 2 aromatic carbocycles. The van der Waals surface area contributed by atoms with Gasteiger partial charge in [-0.05, 0) is 36.2 Å². The molecule has 0 aromatic heterocycles. The summed E-state index contributed by atoms with van der Waals surface area (Å²) in [7, 11) is 1.59. The highest BCUT2D eigenvalue weighted by Gasteiger charge is 2.03. The fourth-order valence-corrected chi connectivity index (χ4v) is 2.01. The van der Waals surface area contributed by atoms with Crippen LogP contribution in [-0.2, 0) is 11.2 Å². The van der Waals surface area contributed by atoms with E-state index in [0.717, 1.165) is 12.0 Å². The number of methoxy groups -OCH3 is 1. The molecule has 0 spiro atoms. The average Bonchev–Trinajstić information content (AvgIpc) is 2.55. The molecule has 0 bridgehead atoms. The maximum absolute atomic E-state index is 11.7. The quantitative estimate of drug-likeness (QED) is 0.853. The lowest BCUT2D eigenvalue weighted by molar-refractivity contribution is -0.123. The number of ether oxygens (including phenoxy) is 2. The highest BCUT2D eigenvalue weighted by molar-refractivity contribution is 6.30. The molecule has 22 heavy (non-hydrogen) atoms. The minimum absolute atomic E-state index is 0.0201. The van der Waals surface area contributed by atoms with Crippen LogP contribution in [0, 0.1) is 0 Å². The molecule has 2 rings (SSSR count). The first-order valence-corrected chi connectivity index (χ1v) is 7.33. The molecule has 0 aliphatic carbocycles. The molecule has 4 nitrogen and oxygen atoms in total. The Balaban J connectivity index is 1.70. The van der Waals surface area contributed by atoms with Gasteiger partial charge in [0, 0.05) is 17.6 Å². The second kappa shape index (κ2) is 8.29. The van der Waals surface area contributed by atoms with E-state index in [2.05, 4.69) is 5.32 Å². The number of halogens is 1. The van der Waals surface area contributed by atoms with Gasteiger partial charge in [0.25, 0.3) is 5.91 Å². The topological polar surface area (TPSA) is 47.6 Å². The zero-order valence-electron chi connectivity index (χ0n) is 12.3. The van der Waals surface area contributed by atoms with Crippen LogP contribution in [0.2, 0.25) is 5.02 Å². The van der Waals surface area contributed by atoms with Crippen molar-refractivity contribution in [3.63, 3.8) is 0 Å². The zero-order valence-corrected chi connectivity index (χ0v) is 13.1. The Labute approximate surface area is 135 Å². The summed E-state index contributed by atoms with van der Waals surface area (Å²) >= 11 is 5.82. The summed E-state index contributed by atoms with van der Waals surface area (Å²) in [5.74, 6) is 1.14. The van der Waals surface area contributed by atoms with Crippen LogP contribution in [0.5, 0.6) is 11.5 Å². The summed E-state index contributed by atoms with van der Waals surface area (Å²) in [5.41, 5.74) is 1.12. The van der Waals surface area contributed by atoms with Crippen LogP contribution in [0.1, 0.15) is 5.56 Å². The lowest BCUT2D eigenvalue weighted by Crippen LogP contribution is -2.30. The van der Waals surface area contributed by atoms with Crippen LogP contribution >= 0.6 is 11.6 Å². The second-order valence-electron chi connectivity index (χ2n) is 4.69. The van der Waals surface area contributed by atoms with Gasteiger partial charge in [-0.1, -0.05) is 29.8 Å². The first-order valence-electron chi connectivity index (χ1n) is 6.95. The van der Waals surface area contributed by atoms with Crippen molar-refractivity contribution < 1.29 is 14.3 Å². The molecule has 0 saturated heterocycles. The third-order valence-electron chi connectivity index (χ3n) is 3.06. The minimum Gasteiger partial charge on any atom is -0.497 e. The van der Waals surface area contributed by atoms with Crippen LogP contribution in [0.25, 0.3) is 0 Å². The van der Waals surface area contributed by atoms with Crippen LogP contribution in [0.4, 0.5) is 0 Å². The van der Waals surface area contributed by atoms with Gasteiger partial charge in [0.15, 0.2) is 6.61 Å². The van der Waals surface area contributed by atoms with E-state index in [1.165, 1.54) is 0 Å². The predicted octanol–water partition coefficient (Wildman–Crippen LogP) is 3.09. The Morgan fingerprint density at radius 3 is 2.59 bits per heavy atom. The standard InChI is InChI=1S/C17H18ClNO3/c1-21-15-3-2-4-16(11-15)22-12-17(20)19-10-9-13-5-7-14(18)8-6-13/h2-8,11H,9-10,12H2,1H3,(H,19,20). The molecular weight excluding hydrogens is 302 g/mol. The van der Waals surface area contributed by atoms with Gasteiger partial charge < -0.3 is 14.8 Å². The number of hydrogen-bond acceptors (Lipinski definition) is 3. The fraction of sp³-hybridized carbons (Fsp3) is 0.235. The third-order valence-corrected chi connectivity index (χ3v) is 3.31. The van der Waals surface area contributed by atoms with E-state index in [4.69, 9.17) is 21.1 Å². The Kier molecular flexibility index (Phi) is 6.10. The van der Waals surface area contributed by atoms with E-state index in [9.17, 15) is 4.79 Å². The minimum atomic E-state index is -0.156. The van der Waals surface area contributed by atoms with Crippen molar-refractivity contribution in [2.75, 3.05) is 20.3 Å². The van der Waals surface area contributed by atoms with Crippen LogP contribution in [-0.4, -0.2) is 26.2 Å². The molecule has 1 N–H and O–H groups in total. The molecular formula is C17H18ClNO3. The molecule has 2 aromatic rings. The highest BCUT2D eigenvalue weighted by atomic mass is 35.5. The van der Waals surface area contributed by atoms with Gasteiger partial charge in [-0.25, -0.2) is 0 Å². The molecule has 1 amide bonds.